The Hall–Kier alpha value is -0.720. The van der Waals surface area contributed by atoms with Crippen molar-refractivity contribution < 1.29 is 9.47 Å². The molecule has 0 N–H and O–H groups in total. The van der Waals surface area contributed by atoms with Crippen molar-refractivity contribution in [2.45, 2.75) is 11.7 Å². The summed E-state index contributed by atoms with van der Waals surface area (Å²) in [5.74, 6) is 0.345. The van der Waals surface area contributed by atoms with E-state index in [4.69, 9.17) is 9.47 Å². The van der Waals surface area contributed by atoms with Gasteiger partial charge in [-0.05, 0) is 32.9 Å². The van der Waals surface area contributed by atoms with Gasteiger partial charge in [0, 0.05) is 0 Å². The van der Waals surface area contributed by atoms with E-state index >= 15 is 0 Å². The minimum Gasteiger partial charge on any atom is -0.490 e. The highest BCUT2D eigenvalue weighted by molar-refractivity contribution is 7.39. The highest BCUT2D eigenvalue weighted by Crippen LogP contribution is 2.31. The molecule has 0 spiro atoms. The maximum absolute atomic E-state index is 5.39. The first-order chi connectivity index (χ1) is 6.45. The second-order valence-electron chi connectivity index (χ2n) is 2.71. The first-order valence-electron chi connectivity index (χ1n) is 4.19. The number of ether oxygens (including phenoxy) is 2. The molecule has 0 saturated heterocycles. The smallest absolute Gasteiger partial charge is 0.135 e. The van der Waals surface area contributed by atoms with E-state index in [0.717, 1.165) is 0 Å². The molecule has 0 aromatic carbocycles. The van der Waals surface area contributed by atoms with Crippen LogP contribution in [0.25, 0.3) is 0 Å². The van der Waals surface area contributed by atoms with Crippen LogP contribution in [0.5, 0.6) is 0 Å². The summed E-state index contributed by atoms with van der Waals surface area (Å²) in [6, 6.07) is 0. The minimum atomic E-state index is 0. The van der Waals surface area contributed by atoms with E-state index < -0.39 is 0 Å². The molecule has 2 aliphatic heterocycles. The standard InChI is InChI=1S/C10H11O2P.ClH/c1-3-7-11-9(5-1)13-10-6-2-4-8-12-10;/h1-10,13H;1H. The molecule has 0 saturated carbocycles. The lowest BCUT2D eigenvalue weighted by Gasteiger charge is -2.20. The zero-order valence-electron chi connectivity index (χ0n) is 7.50. The van der Waals surface area contributed by atoms with Gasteiger partial charge in [0.15, 0.2) is 0 Å². The fraction of sp³-hybridized carbons (Fsp3) is 0.200. The largest absolute Gasteiger partial charge is 0.490 e. The van der Waals surface area contributed by atoms with Crippen LogP contribution in [0.15, 0.2) is 49.0 Å². The Morgan fingerprint density at radius 2 is 1.29 bits per heavy atom. The molecule has 0 fully saturated rings. The summed E-state index contributed by atoms with van der Waals surface area (Å²) in [6.45, 7) is 0. The van der Waals surface area contributed by atoms with Crippen molar-refractivity contribution >= 4 is 21.0 Å². The second-order valence-corrected chi connectivity index (χ2v) is 4.18. The van der Waals surface area contributed by atoms with E-state index in [-0.39, 0.29) is 24.1 Å². The van der Waals surface area contributed by atoms with Gasteiger partial charge in [0.2, 0.25) is 0 Å². The van der Waals surface area contributed by atoms with Gasteiger partial charge < -0.3 is 9.47 Å². The van der Waals surface area contributed by atoms with Gasteiger partial charge in [0.25, 0.3) is 0 Å². The quantitative estimate of drug-likeness (QED) is 0.679. The molecule has 2 atom stereocenters. The average molecular weight is 231 g/mol. The Bertz CT molecular complexity index is 256. The fourth-order valence-corrected chi connectivity index (χ4v) is 2.21. The van der Waals surface area contributed by atoms with Gasteiger partial charge in [-0.15, -0.1) is 12.4 Å². The van der Waals surface area contributed by atoms with Crippen LogP contribution in [0, 0.1) is 0 Å². The van der Waals surface area contributed by atoms with Gasteiger partial charge >= 0.3 is 0 Å². The summed E-state index contributed by atoms with van der Waals surface area (Å²) in [4.78, 5) is 0. The van der Waals surface area contributed by atoms with E-state index in [1.54, 1.807) is 12.5 Å². The molecular weight excluding hydrogens is 219 g/mol. The molecule has 14 heavy (non-hydrogen) atoms. The highest BCUT2D eigenvalue weighted by atomic mass is 35.5. The van der Waals surface area contributed by atoms with Crippen molar-refractivity contribution in [2.24, 2.45) is 0 Å². The number of hydrogen-bond acceptors (Lipinski definition) is 2. The van der Waals surface area contributed by atoms with Crippen LogP contribution in [0.3, 0.4) is 0 Å². The summed E-state index contributed by atoms with van der Waals surface area (Å²) in [5, 5.41) is 0. The SMILES string of the molecule is C1=COC(PC2C=CC=CO2)C=C1.Cl. The summed E-state index contributed by atoms with van der Waals surface area (Å²) in [6.07, 6.45) is 15.3. The second kappa shape index (κ2) is 5.90. The first kappa shape index (κ1) is 11.4. The summed E-state index contributed by atoms with van der Waals surface area (Å²) >= 11 is 0. The molecular formula is C10H12ClO2P. The molecule has 2 nitrogen and oxygen atoms in total. The average Bonchev–Trinajstić information content (AvgIpc) is 2.21. The minimum absolute atomic E-state index is 0. The van der Waals surface area contributed by atoms with Crippen LogP contribution >= 0.6 is 21.0 Å². The van der Waals surface area contributed by atoms with Crippen LogP contribution in [0.2, 0.25) is 0 Å². The zero-order valence-corrected chi connectivity index (χ0v) is 9.31. The molecule has 0 amide bonds. The molecule has 76 valence electrons. The molecule has 2 unspecified atom stereocenters. The van der Waals surface area contributed by atoms with E-state index in [2.05, 4.69) is 0 Å². The van der Waals surface area contributed by atoms with Crippen molar-refractivity contribution in [2.75, 3.05) is 0 Å². The predicted molar refractivity (Wildman–Crippen MR) is 61.9 cm³/mol. The third-order valence-electron chi connectivity index (χ3n) is 1.73. The van der Waals surface area contributed by atoms with Crippen LogP contribution in [-0.4, -0.2) is 11.7 Å². The Kier molecular flexibility index (Phi) is 4.78. The molecule has 2 aliphatic rings. The van der Waals surface area contributed by atoms with Gasteiger partial charge in [0.1, 0.15) is 11.7 Å². The van der Waals surface area contributed by atoms with Gasteiger partial charge in [-0.25, -0.2) is 0 Å². The monoisotopic (exact) mass is 230 g/mol. The summed E-state index contributed by atoms with van der Waals surface area (Å²) in [5.41, 5.74) is 0. The van der Waals surface area contributed by atoms with Crippen molar-refractivity contribution in [3.63, 3.8) is 0 Å². The molecule has 0 aromatic heterocycles. The van der Waals surface area contributed by atoms with Gasteiger partial charge in [-0.3, -0.25) is 0 Å². The molecule has 2 rings (SSSR count). The zero-order chi connectivity index (χ0) is 8.93. The summed E-state index contributed by atoms with van der Waals surface area (Å²) < 4.78 is 10.8. The third kappa shape index (κ3) is 3.21. The lowest BCUT2D eigenvalue weighted by Crippen LogP contribution is -2.09. The molecule has 2 heterocycles. The Morgan fingerprint density at radius 1 is 0.786 bits per heavy atom. The van der Waals surface area contributed by atoms with Gasteiger partial charge in [-0.1, -0.05) is 12.2 Å². The normalized spacial score (nSPS) is 28.6. The van der Waals surface area contributed by atoms with Crippen molar-refractivity contribution in [1.29, 1.82) is 0 Å². The molecule has 0 bridgehead atoms. The number of hydrogen-bond donors (Lipinski definition) is 0. The maximum Gasteiger partial charge on any atom is 0.135 e. The highest BCUT2D eigenvalue weighted by Gasteiger charge is 2.14. The predicted octanol–water partition coefficient (Wildman–Crippen LogP) is 2.94. The first-order valence-corrected chi connectivity index (χ1v) is 5.34. The summed E-state index contributed by atoms with van der Waals surface area (Å²) in [7, 11) is 0.610. The lowest BCUT2D eigenvalue weighted by molar-refractivity contribution is 0.228. The number of allylic oxidation sites excluding steroid dienone is 4. The Balaban J connectivity index is 0.000000980. The Labute approximate surface area is 91.5 Å². The van der Waals surface area contributed by atoms with Crippen molar-refractivity contribution in [3.8, 4) is 0 Å². The number of rotatable bonds is 2. The fourth-order valence-electron chi connectivity index (χ4n) is 1.12. The molecule has 0 aliphatic carbocycles. The van der Waals surface area contributed by atoms with E-state index in [0.29, 0.717) is 8.58 Å². The van der Waals surface area contributed by atoms with E-state index in [9.17, 15) is 0 Å². The van der Waals surface area contributed by atoms with Gasteiger partial charge in [0.05, 0.1) is 12.5 Å². The third-order valence-corrected chi connectivity index (χ3v) is 3.04. The lowest BCUT2D eigenvalue weighted by atomic mass is 10.4. The maximum atomic E-state index is 5.39. The molecule has 4 heteroatoms. The van der Waals surface area contributed by atoms with E-state index in [1.807, 2.05) is 36.5 Å². The number of halogens is 1. The van der Waals surface area contributed by atoms with Crippen molar-refractivity contribution in [3.05, 3.63) is 49.0 Å². The van der Waals surface area contributed by atoms with E-state index in [1.165, 1.54) is 0 Å². The van der Waals surface area contributed by atoms with Crippen LogP contribution in [-0.2, 0) is 9.47 Å². The van der Waals surface area contributed by atoms with Gasteiger partial charge in [-0.2, -0.15) is 0 Å². The van der Waals surface area contributed by atoms with Crippen LogP contribution in [0.4, 0.5) is 0 Å². The Morgan fingerprint density at radius 3 is 1.64 bits per heavy atom. The van der Waals surface area contributed by atoms with Crippen LogP contribution < -0.4 is 0 Å². The van der Waals surface area contributed by atoms with Crippen molar-refractivity contribution in [1.82, 2.24) is 0 Å². The van der Waals surface area contributed by atoms with Crippen LogP contribution in [0.1, 0.15) is 0 Å². The molecule has 0 aromatic rings. The molecule has 0 radical (unpaired) electrons. The topological polar surface area (TPSA) is 18.5 Å².